The molecule has 2 rings (SSSR count). The largest absolute Gasteiger partial charge is 0.486 e. The predicted molar refractivity (Wildman–Crippen MR) is 70.3 cm³/mol. The molecule has 2 nitrogen and oxygen atoms in total. The number of benzene rings is 1. The summed E-state index contributed by atoms with van der Waals surface area (Å²) in [6.45, 7) is 2.57. The Kier molecular flexibility index (Phi) is 3.96. The Morgan fingerprint density at radius 1 is 1.31 bits per heavy atom. The highest BCUT2D eigenvalue weighted by atomic mass is 79.9. The lowest BCUT2D eigenvalue weighted by atomic mass is 10.3. The molecule has 0 N–H and O–H groups in total. The highest BCUT2D eigenvalue weighted by molar-refractivity contribution is 9.08. The second-order valence-corrected chi connectivity index (χ2v) is 5.08. The van der Waals surface area contributed by atoms with Gasteiger partial charge in [0, 0.05) is 10.2 Å². The van der Waals surface area contributed by atoms with E-state index in [1.165, 1.54) is 4.88 Å². The zero-order chi connectivity index (χ0) is 11.4. The van der Waals surface area contributed by atoms with E-state index in [1.54, 1.807) is 11.3 Å². The standard InChI is InChI=1S/C12H12BrNOS/c1-9-11(7-13)16-12(14-9)8-15-10-5-3-2-4-6-10/h2-6H,7-8H2,1H3. The fourth-order valence-electron chi connectivity index (χ4n) is 1.34. The van der Waals surface area contributed by atoms with Gasteiger partial charge < -0.3 is 4.74 Å². The minimum absolute atomic E-state index is 0.544. The number of nitrogens with zero attached hydrogens (tertiary/aromatic N) is 1. The van der Waals surface area contributed by atoms with Gasteiger partial charge in [-0.2, -0.15) is 0 Å². The Balaban J connectivity index is 2.00. The van der Waals surface area contributed by atoms with Crippen LogP contribution in [0.2, 0.25) is 0 Å². The van der Waals surface area contributed by atoms with Crippen LogP contribution in [0.1, 0.15) is 15.6 Å². The molecule has 84 valence electrons. The van der Waals surface area contributed by atoms with Crippen molar-refractivity contribution in [3.8, 4) is 5.75 Å². The number of hydrogen-bond donors (Lipinski definition) is 0. The van der Waals surface area contributed by atoms with E-state index < -0.39 is 0 Å². The van der Waals surface area contributed by atoms with Gasteiger partial charge in [0.25, 0.3) is 0 Å². The summed E-state index contributed by atoms with van der Waals surface area (Å²) >= 11 is 5.14. The van der Waals surface area contributed by atoms with E-state index in [1.807, 2.05) is 37.3 Å². The number of aryl methyl sites for hydroxylation is 1. The zero-order valence-corrected chi connectivity index (χ0v) is 11.3. The van der Waals surface area contributed by atoms with Crippen molar-refractivity contribution in [3.05, 3.63) is 45.9 Å². The molecular formula is C12H12BrNOS. The first-order valence-corrected chi connectivity index (χ1v) is 6.92. The van der Waals surface area contributed by atoms with Crippen LogP contribution in [0.15, 0.2) is 30.3 Å². The molecule has 1 heterocycles. The Morgan fingerprint density at radius 3 is 2.69 bits per heavy atom. The normalized spacial score (nSPS) is 10.4. The topological polar surface area (TPSA) is 22.1 Å². The molecule has 0 radical (unpaired) electrons. The number of ether oxygens (including phenoxy) is 1. The number of halogens is 1. The average molecular weight is 298 g/mol. The molecule has 0 aliphatic carbocycles. The van der Waals surface area contributed by atoms with Gasteiger partial charge in [-0.15, -0.1) is 11.3 Å². The third-order valence-electron chi connectivity index (χ3n) is 2.16. The molecule has 1 aromatic heterocycles. The van der Waals surface area contributed by atoms with Crippen LogP contribution in [-0.4, -0.2) is 4.98 Å². The summed E-state index contributed by atoms with van der Waals surface area (Å²) in [5.41, 5.74) is 1.09. The summed E-state index contributed by atoms with van der Waals surface area (Å²) in [5, 5.41) is 1.89. The van der Waals surface area contributed by atoms with Gasteiger partial charge in [0.05, 0.1) is 5.69 Å². The molecule has 4 heteroatoms. The lowest BCUT2D eigenvalue weighted by Crippen LogP contribution is -1.94. The quantitative estimate of drug-likeness (QED) is 0.798. The molecule has 0 atom stereocenters. The number of aromatic nitrogens is 1. The second-order valence-electron chi connectivity index (χ2n) is 3.35. The zero-order valence-electron chi connectivity index (χ0n) is 8.94. The lowest BCUT2D eigenvalue weighted by Gasteiger charge is -2.02. The van der Waals surface area contributed by atoms with E-state index in [2.05, 4.69) is 20.9 Å². The first-order valence-electron chi connectivity index (χ1n) is 4.98. The fraction of sp³-hybridized carbons (Fsp3) is 0.250. The van der Waals surface area contributed by atoms with E-state index in [4.69, 9.17) is 4.74 Å². The average Bonchev–Trinajstić information content (AvgIpc) is 2.69. The van der Waals surface area contributed by atoms with Crippen molar-refractivity contribution in [2.24, 2.45) is 0 Å². The third kappa shape index (κ3) is 2.83. The highest BCUT2D eigenvalue weighted by Gasteiger charge is 2.06. The van der Waals surface area contributed by atoms with Gasteiger partial charge in [-0.1, -0.05) is 34.1 Å². The molecular weight excluding hydrogens is 286 g/mol. The van der Waals surface area contributed by atoms with Crippen molar-refractivity contribution in [2.75, 3.05) is 0 Å². The maximum atomic E-state index is 5.64. The number of rotatable bonds is 4. The van der Waals surface area contributed by atoms with Crippen molar-refractivity contribution in [1.29, 1.82) is 0 Å². The summed E-state index contributed by atoms with van der Waals surface area (Å²) in [5.74, 6) is 0.885. The maximum Gasteiger partial charge on any atom is 0.140 e. The first kappa shape index (κ1) is 11.6. The van der Waals surface area contributed by atoms with E-state index in [9.17, 15) is 0 Å². The van der Waals surface area contributed by atoms with Crippen molar-refractivity contribution in [1.82, 2.24) is 4.98 Å². The van der Waals surface area contributed by atoms with Crippen LogP contribution in [0.5, 0.6) is 5.75 Å². The maximum absolute atomic E-state index is 5.64. The molecule has 2 aromatic rings. The Labute approximate surface area is 107 Å². The first-order chi connectivity index (χ1) is 7.79. The summed E-state index contributed by atoms with van der Waals surface area (Å²) in [6, 6.07) is 9.81. The van der Waals surface area contributed by atoms with E-state index in [0.717, 1.165) is 21.8 Å². The van der Waals surface area contributed by atoms with Crippen LogP contribution in [0.4, 0.5) is 0 Å². The number of thiazole rings is 1. The summed E-state index contributed by atoms with van der Waals surface area (Å²) in [4.78, 5) is 5.73. The molecule has 0 amide bonds. The molecule has 0 unspecified atom stereocenters. The minimum atomic E-state index is 0.544. The van der Waals surface area contributed by atoms with Crippen LogP contribution in [0.3, 0.4) is 0 Å². The smallest absolute Gasteiger partial charge is 0.140 e. The molecule has 0 bridgehead atoms. The molecule has 0 saturated carbocycles. The molecule has 1 aromatic carbocycles. The van der Waals surface area contributed by atoms with Crippen LogP contribution >= 0.6 is 27.3 Å². The fourth-order valence-corrected chi connectivity index (χ4v) is 2.92. The summed E-state index contributed by atoms with van der Waals surface area (Å²) < 4.78 is 5.64. The predicted octanol–water partition coefficient (Wildman–Crippen LogP) is 3.93. The lowest BCUT2D eigenvalue weighted by molar-refractivity contribution is 0.305. The van der Waals surface area contributed by atoms with Gasteiger partial charge in [-0.05, 0) is 19.1 Å². The summed E-state index contributed by atoms with van der Waals surface area (Å²) in [6.07, 6.45) is 0. The number of hydrogen-bond acceptors (Lipinski definition) is 3. The molecule has 0 spiro atoms. The Bertz CT molecular complexity index is 455. The second kappa shape index (κ2) is 5.46. The van der Waals surface area contributed by atoms with Crippen LogP contribution in [-0.2, 0) is 11.9 Å². The SMILES string of the molecule is Cc1nc(COc2ccccc2)sc1CBr. The third-order valence-corrected chi connectivity index (χ3v) is 4.23. The van der Waals surface area contributed by atoms with Crippen molar-refractivity contribution in [3.63, 3.8) is 0 Å². The van der Waals surface area contributed by atoms with E-state index in [-0.39, 0.29) is 0 Å². The molecule has 0 saturated heterocycles. The molecule has 0 aliphatic heterocycles. The van der Waals surface area contributed by atoms with Crippen molar-refractivity contribution in [2.45, 2.75) is 18.9 Å². The highest BCUT2D eigenvalue weighted by Crippen LogP contribution is 2.22. The Hall–Kier alpha value is -0.870. The van der Waals surface area contributed by atoms with Gasteiger partial charge in [-0.3, -0.25) is 0 Å². The van der Waals surface area contributed by atoms with Crippen molar-refractivity contribution < 1.29 is 4.74 Å². The van der Waals surface area contributed by atoms with Gasteiger partial charge >= 0.3 is 0 Å². The Morgan fingerprint density at radius 2 is 2.06 bits per heavy atom. The van der Waals surface area contributed by atoms with E-state index in [0.29, 0.717) is 6.61 Å². The molecule has 0 fully saturated rings. The van der Waals surface area contributed by atoms with Crippen molar-refractivity contribution >= 4 is 27.3 Å². The number of alkyl halides is 1. The van der Waals surface area contributed by atoms with Gasteiger partial charge in [0.2, 0.25) is 0 Å². The van der Waals surface area contributed by atoms with Crippen LogP contribution in [0, 0.1) is 6.92 Å². The number of para-hydroxylation sites is 1. The van der Waals surface area contributed by atoms with Gasteiger partial charge in [-0.25, -0.2) is 4.98 Å². The summed E-state index contributed by atoms with van der Waals surface area (Å²) in [7, 11) is 0. The monoisotopic (exact) mass is 297 g/mol. The van der Waals surface area contributed by atoms with Crippen LogP contribution in [0.25, 0.3) is 0 Å². The molecule has 16 heavy (non-hydrogen) atoms. The minimum Gasteiger partial charge on any atom is -0.486 e. The van der Waals surface area contributed by atoms with E-state index >= 15 is 0 Å². The van der Waals surface area contributed by atoms with Crippen LogP contribution < -0.4 is 4.74 Å². The van der Waals surface area contributed by atoms with Gasteiger partial charge in [0.15, 0.2) is 0 Å². The molecule has 0 aliphatic rings. The van der Waals surface area contributed by atoms with Gasteiger partial charge in [0.1, 0.15) is 17.4 Å².